The minimum atomic E-state index is -2.95. The Morgan fingerprint density at radius 3 is 2.45 bits per heavy atom. The number of aryl methyl sites for hydroxylation is 1. The van der Waals surface area contributed by atoms with E-state index in [4.69, 9.17) is 0 Å². The van der Waals surface area contributed by atoms with Gasteiger partial charge < -0.3 is 5.32 Å². The summed E-state index contributed by atoms with van der Waals surface area (Å²) < 4.78 is 23.6. The molecule has 0 amide bonds. The average Bonchev–Trinajstić information content (AvgIpc) is 2.87. The molecular formula is C16H25NO2S. The summed E-state index contributed by atoms with van der Waals surface area (Å²) in [5, 5.41) is 3.29. The van der Waals surface area contributed by atoms with Crippen molar-refractivity contribution >= 4 is 9.84 Å². The number of sulfone groups is 1. The highest BCUT2D eigenvalue weighted by Gasteiger charge is 2.35. The lowest BCUT2D eigenvalue weighted by molar-refractivity contribution is 0.456. The molecule has 1 aliphatic carbocycles. The van der Waals surface area contributed by atoms with E-state index >= 15 is 0 Å². The largest absolute Gasteiger partial charge is 0.306 e. The van der Waals surface area contributed by atoms with Crippen LogP contribution in [-0.2, 0) is 16.3 Å². The fourth-order valence-corrected chi connectivity index (χ4v) is 4.49. The van der Waals surface area contributed by atoms with E-state index in [0.717, 1.165) is 25.7 Å². The summed E-state index contributed by atoms with van der Waals surface area (Å²) in [6.07, 6.45) is 5.14. The standard InChI is InChI=1S/C16H25NO2S/c1-4-13-8-10-14(11-9-13)12(2)17-15-6-5-7-16(15)20(3,18)19/h8-12,15-17H,4-7H2,1-3H3. The smallest absolute Gasteiger partial charge is 0.151 e. The maximum absolute atomic E-state index is 11.8. The lowest BCUT2D eigenvalue weighted by Crippen LogP contribution is -2.41. The number of hydrogen-bond acceptors (Lipinski definition) is 3. The highest BCUT2D eigenvalue weighted by atomic mass is 32.2. The van der Waals surface area contributed by atoms with E-state index in [1.807, 2.05) is 0 Å². The Morgan fingerprint density at radius 1 is 1.25 bits per heavy atom. The fraction of sp³-hybridized carbons (Fsp3) is 0.625. The third kappa shape index (κ3) is 3.61. The Balaban J connectivity index is 2.05. The summed E-state index contributed by atoms with van der Waals surface area (Å²) >= 11 is 0. The van der Waals surface area contributed by atoms with Crippen LogP contribution in [0.25, 0.3) is 0 Å². The molecule has 0 aliphatic heterocycles. The van der Waals surface area contributed by atoms with Gasteiger partial charge in [-0.05, 0) is 37.3 Å². The summed E-state index contributed by atoms with van der Waals surface area (Å²) in [6, 6.07) is 8.85. The first-order chi connectivity index (χ1) is 9.41. The van der Waals surface area contributed by atoms with Crippen molar-refractivity contribution in [2.75, 3.05) is 6.26 Å². The highest BCUT2D eigenvalue weighted by molar-refractivity contribution is 7.91. The van der Waals surface area contributed by atoms with Gasteiger partial charge in [0.2, 0.25) is 0 Å². The molecule has 0 heterocycles. The van der Waals surface area contributed by atoms with Crippen molar-refractivity contribution in [2.24, 2.45) is 0 Å². The van der Waals surface area contributed by atoms with Crippen molar-refractivity contribution in [1.82, 2.24) is 5.32 Å². The van der Waals surface area contributed by atoms with Gasteiger partial charge in [-0.1, -0.05) is 37.6 Å². The fourth-order valence-electron chi connectivity index (χ4n) is 3.09. The van der Waals surface area contributed by atoms with Gasteiger partial charge in [0.1, 0.15) is 0 Å². The van der Waals surface area contributed by atoms with Crippen LogP contribution in [-0.4, -0.2) is 26.0 Å². The molecule has 1 fully saturated rings. The molecule has 0 saturated heterocycles. The molecule has 2 rings (SSSR count). The van der Waals surface area contributed by atoms with Crippen molar-refractivity contribution in [3.8, 4) is 0 Å². The molecule has 0 radical (unpaired) electrons. The average molecular weight is 295 g/mol. The zero-order chi connectivity index (χ0) is 14.8. The molecule has 0 spiro atoms. The zero-order valence-corrected chi connectivity index (χ0v) is 13.4. The second kappa shape index (κ2) is 6.27. The predicted molar refractivity (Wildman–Crippen MR) is 83.6 cm³/mol. The number of hydrogen-bond donors (Lipinski definition) is 1. The molecule has 1 aromatic rings. The van der Waals surface area contributed by atoms with Gasteiger partial charge in [-0.25, -0.2) is 8.42 Å². The third-order valence-corrected chi connectivity index (χ3v) is 6.02. The maximum atomic E-state index is 11.8. The van der Waals surface area contributed by atoms with Crippen molar-refractivity contribution < 1.29 is 8.42 Å². The van der Waals surface area contributed by atoms with E-state index in [1.54, 1.807) is 0 Å². The van der Waals surface area contributed by atoms with E-state index in [-0.39, 0.29) is 17.3 Å². The van der Waals surface area contributed by atoms with E-state index < -0.39 is 9.84 Å². The van der Waals surface area contributed by atoms with Crippen LogP contribution < -0.4 is 5.32 Å². The highest BCUT2D eigenvalue weighted by Crippen LogP contribution is 2.27. The summed E-state index contributed by atoms with van der Waals surface area (Å²) in [4.78, 5) is 0. The molecule has 1 saturated carbocycles. The van der Waals surface area contributed by atoms with Gasteiger partial charge in [0, 0.05) is 18.3 Å². The van der Waals surface area contributed by atoms with Gasteiger partial charge in [-0.2, -0.15) is 0 Å². The van der Waals surface area contributed by atoms with Gasteiger partial charge in [-0.3, -0.25) is 0 Å². The normalized spacial score (nSPS) is 24.8. The second-order valence-electron chi connectivity index (χ2n) is 5.89. The predicted octanol–water partition coefficient (Wildman–Crippen LogP) is 2.87. The van der Waals surface area contributed by atoms with E-state index in [0.29, 0.717) is 0 Å². The molecule has 1 aliphatic rings. The minimum absolute atomic E-state index is 0.0888. The Kier molecular flexibility index (Phi) is 4.86. The minimum Gasteiger partial charge on any atom is -0.306 e. The monoisotopic (exact) mass is 295 g/mol. The lowest BCUT2D eigenvalue weighted by Gasteiger charge is -2.24. The first-order valence-electron chi connectivity index (χ1n) is 7.45. The molecule has 3 atom stereocenters. The Morgan fingerprint density at radius 2 is 1.90 bits per heavy atom. The first kappa shape index (κ1) is 15.5. The van der Waals surface area contributed by atoms with Crippen LogP contribution in [0.3, 0.4) is 0 Å². The molecule has 1 aromatic carbocycles. The Bertz CT molecular complexity index is 536. The van der Waals surface area contributed by atoms with Crippen molar-refractivity contribution in [1.29, 1.82) is 0 Å². The van der Waals surface area contributed by atoms with Crippen LogP contribution in [0.5, 0.6) is 0 Å². The van der Waals surface area contributed by atoms with Crippen molar-refractivity contribution in [2.45, 2.75) is 56.9 Å². The molecule has 3 nitrogen and oxygen atoms in total. The van der Waals surface area contributed by atoms with Crippen LogP contribution >= 0.6 is 0 Å². The lowest BCUT2D eigenvalue weighted by atomic mass is 10.0. The Hall–Kier alpha value is -0.870. The maximum Gasteiger partial charge on any atom is 0.151 e. The van der Waals surface area contributed by atoms with E-state index in [2.05, 4.69) is 43.4 Å². The van der Waals surface area contributed by atoms with Gasteiger partial charge in [0.25, 0.3) is 0 Å². The molecular weight excluding hydrogens is 270 g/mol. The second-order valence-corrected chi connectivity index (χ2v) is 8.15. The van der Waals surface area contributed by atoms with Gasteiger partial charge in [0.15, 0.2) is 9.84 Å². The summed E-state index contributed by atoms with van der Waals surface area (Å²) in [5.74, 6) is 0. The summed E-state index contributed by atoms with van der Waals surface area (Å²) in [7, 11) is -2.95. The van der Waals surface area contributed by atoms with E-state index in [9.17, 15) is 8.42 Å². The third-order valence-electron chi connectivity index (χ3n) is 4.35. The number of rotatable bonds is 5. The van der Waals surface area contributed by atoms with Crippen molar-refractivity contribution in [3.63, 3.8) is 0 Å². The van der Waals surface area contributed by atoms with Crippen molar-refractivity contribution in [3.05, 3.63) is 35.4 Å². The zero-order valence-electron chi connectivity index (χ0n) is 12.6. The molecule has 3 unspecified atom stereocenters. The Labute approximate surface area is 122 Å². The van der Waals surface area contributed by atoms with Crippen LogP contribution in [0.4, 0.5) is 0 Å². The molecule has 4 heteroatoms. The van der Waals surface area contributed by atoms with E-state index in [1.165, 1.54) is 17.4 Å². The topological polar surface area (TPSA) is 46.2 Å². The van der Waals surface area contributed by atoms with Crippen LogP contribution in [0, 0.1) is 0 Å². The van der Waals surface area contributed by atoms with Crippen LogP contribution in [0.1, 0.15) is 50.3 Å². The molecule has 0 aromatic heterocycles. The van der Waals surface area contributed by atoms with Gasteiger partial charge in [0.05, 0.1) is 5.25 Å². The number of benzene rings is 1. The van der Waals surface area contributed by atoms with Crippen LogP contribution in [0.15, 0.2) is 24.3 Å². The number of nitrogens with one attached hydrogen (secondary N) is 1. The van der Waals surface area contributed by atoms with Crippen LogP contribution in [0.2, 0.25) is 0 Å². The first-order valence-corrected chi connectivity index (χ1v) is 9.41. The van der Waals surface area contributed by atoms with Gasteiger partial charge >= 0.3 is 0 Å². The quantitative estimate of drug-likeness (QED) is 0.908. The SMILES string of the molecule is CCc1ccc(C(C)NC2CCCC2S(C)(=O)=O)cc1. The molecule has 0 bridgehead atoms. The summed E-state index contributed by atoms with van der Waals surface area (Å²) in [6.45, 7) is 4.25. The summed E-state index contributed by atoms with van der Waals surface area (Å²) in [5.41, 5.74) is 2.55. The van der Waals surface area contributed by atoms with Gasteiger partial charge in [-0.15, -0.1) is 0 Å². The molecule has 112 valence electrons. The molecule has 1 N–H and O–H groups in total. The molecule has 20 heavy (non-hydrogen) atoms.